The summed E-state index contributed by atoms with van der Waals surface area (Å²) in [5, 5.41) is 2.95. The molecule has 1 atom stereocenters. The minimum Gasteiger partial charge on any atom is -0.497 e. The average molecular weight is 769 g/mol. The molecule has 0 spiro atoms. The molecule has 4 rings (SSSR count). The number of methoxy groups -OCH3 is 4. The first-order chi connectivity index (χ1) is 24.1. The molecule has 266 valence electrons. The predicted molar refractivity (Wildman–Crippen MR) is 196 cm³/mol. The summed E-state index contributed by atoms with van der Waals surface area (Å²) in [6, 6.07) is 24.6. The van der Waals surface area contributed by atoms with Crippen LogP contribution >= 0.6 is 15.9 Å². The van der Waals surface area contributed by atoms with Gasteiger partial charge >= 0.3 is 0 Å². The van der Waals surface area contributed by atoms with E-state index in [-0.39, 0.29) is 41.0 Å². The van der Waals surface area contributed by atoms with Crippen LogP contribution < -0.4 is 28.6 Å². The zero-order valence-corrected chi connectivity index (χ0v) is 31.1. The summed E-state index contributed by atoms with van der Waals surface area (Å²) in [6.07, 6.45) is 0.886. The van der Waals surface area contributed by atoms with Gasteiger partial charge in [0.15, 0.2) is 11.5 Å². The van der Waals surface area contributed by atoms with Crippen LogP contribution in [0.25, 0.3) is 0 Å². The van der Waals surface area contributed by atoms with Gasteiger partial charge in [-0.05, 0) is 53.9 Å². The van der Waals surface area contributed by atoms with Crippen LogP contribution in [0.5, 0.6) is 23.0 Å². The molecule has 13 heteroatoms. The molecule has 2 amide bonds. The van der Waals surface area contributed by atoms with E-state index in [0.717, 1.165) is 19.9 Å². The van der Waals surface area contributed by atoms with Gasteiger partial charge in [0.05, 0.1) is 39.0 Å². The van der Waals surface area contributed by atoms with Crippen molar-refractivity contribution in [2.24, 2.45) is 0 Å². The van der Waals surface area contributed by atoms with E-state index in [1.54, 1.807) is 12.1 Å². The minimum atomic E-state index is -4.49. The normalized spacial score (nSPS) is 11.6. The van der Waals surface area contributed by atoms with Crippen molar-refractivity contribution in [1.29, 1.82) is 0 Å². The molecule has 0 saturated heterocycles. The maximum atomic E-state index is 14.8. The Balaban J connectivity index is 1.89. The molecule has 0 heterocycles. The quantitative estimate of drug-likeness (QED) is 0.142. The first-order valence-electron chi connectivity index (χ1n) is 15.9. The fraction of sp³-hybridized carbons (Fsp3) is 0.297. The van der Waals surface area contributed by atoms with Crippen molar-refractivity contribution in [3.63, 3.8) is 0 Å². The molecule has 0 aliphatic heterocycles. The molecular formula is C37H42BrN3O8S. The van der Waals surface area contributed by atoms with E-state index < -0.39 is 28.5 Å². The lowest BCUT2D eigenvalue weighted by Crippen LogP contribution is -2.53. The third-order valence-corrected chi connectivity index (χ3v) is 10.2. The lowest BCUT2D eigenvalue weighted by Gasteiger charge is -2.34. The topological polar surface area (TPSA) is 124 Å². The van der Waals surface area contributed by atoms with Gasteiger partial charge in [-0.15, -0.1) is 0 Å². The lowest BCUT2D eigenvalue weighted by atomic mass is 10.0. The molecule has 0 aliphatic carbocycles. The van der Waals surface area contributed by atoms with Crippen molar-refractivity contribution in [2.75, 3.05) is 45.8 Å². The van der Waals surface area contributed by atoms with Gasteiger partial charge in [0.1, 0.15) is 24.1 Å². The number of nitrogens with zero attached hydrogens (tertiary/aromatic N) is 2. The number of benzene rings is 4. The van der Waals surface area contributed by atoms with Gasteiger partial charge in [0.25, 0.3) is 10.0 Å². The standard InChI is InChI=1S/C37H42BrN3O8S/c1-6-19-39-37(43)32(21-26-11-8-7-9-12-26)40(24-27-13-10-14-28(38)20-27)36(42)25-41(31-22-29(46-2)15-17-33(31)47-3)50(44,45)30-16-18-34(48-4)35(23-30)49-5/h7-18,20,22-23,32H,6,19,21,24-25H2,1-5H3,(H,39,43)/t32-/m1/s1. The molecule has 0 aromatic heterocycles. The van der Waals surface area contributed by atoms with Crippen LogP contribution in [-0.4, -0.2) is 72.7 Å². The Hall–Kier alpha value is -4.75. The van der Waals surface area contributed by atoms with Crippen LogP contribution in [0.3, 0.4) is 0 Å². The van der Waals surface area contributed by atoms with E-state index in [2.05, 4.69) is 21.2 Å². The number of hydrogen-bond donors (Lipinski definition) is 1. The van der Waals surface area contributed by atoms with Crippen LogP contribution in [0.15, 0.2) is 100 Å². The number of rotatable bonds is 17. The summed E-state index contributed by atoms with van der Waals surface area (Å²) >= 11 is 3.50. The van der Waals surface area contributed by atoms with Gasteiger partial charge in [0, 0.05) is 36.1 Å². The number of amides is 2. The van der Waals surface area contributed by atoms with Gasteiger partial charge in [-0.1, -0.05) is 65.3 Å². The molecule has 1 N–H and O–H groups in total. The van der Waals surface area contributed by atoms with Crippen LogP contribution in [0.2, 0.25) is 0 Å². The van der Waals surface area contributed by atoms with Crippen molar-refractivity contribution >= 4 is 43.5 Å². The first-order valence-corrected chi connectivity index (χ1v) is 18.1. The van der Waals surface area contributed by atoms with E-state index in [4.69, 9.17) is 18.9 Å². The summed E-state index contributed by atoms with van der Waals surface area (Å²) in [4.78, 5) is 30.0. The fourth-order valence-corrected chi connectivity index (χ4v) is 7.24. The molecule has 11 nitrogen and oxygen atoms in total. The average Bonchev–Trinajstić information content (AvgIpc) is 3.13. The molecular weight excluding hydrogens is 726 g/mol. The Morgan fingerprint density at radius 2 is 1.46 bits per heavy atom. The van der Waals surface area contributed by atoms with Gasteiger partial charge in [0.2, 0.25) is 11.8 Å². The van der Waals surface area contributed by atoms with Gasteiger partial charge < -0.3 is 29.2 Å². The van der Waals surface area contributed by atoms with E-state index in [9.17, 15) is 18.0 Å². The van der Waals surface area contributed by atoms with Crippen molar-refractivity contribution in [2.45, 2.75) is 37.2 Å². The fourth-order valence-electron chi connectivity index (χ4n) is 5.36. The van der Waals surface area contributed by atoms with Crippen molar-refractivity contribution < 1.29 is 37.0 Å². The smallest absolute Gasteiger partial charge is 0.265 e. The monoisotopic (exact) mass is 767 g/mol. The van der Waals surface area contributed by atoms with Gasteiger partial charge in [-0.2, -0.15) is 0 Å². The minimum absolute atomic E-state index is 0.0226. The number of hydrogen-bond acceptors (Lipinski definition) is 8. The largest absolute Gasteiger partial charge is 0.497 e. The SMILES string of the molecule is CCCNC(=O)[C@@H](Cc1ccccc1)N(Cc1cccc(Br)c1)C(=O)CN(c1cc(OC)ccc1OC)S(=O)(=O)c1ccc(OC)c(OC)c1. The van der Waals surface area contributed by atoms with Crippen molar-refractivity contribution in [3.8, 4) is 23.0 Å². The van der Waals surface area contributed by atoms with Crippen molar-refractivity contribution in [1.82, 2.24) is 10.2 Å². The van der Waals surface area contributed by atoms with E-state index >= 15 is 0 Å². The Kier molecular flexibility index (Phi) is 13.5. The maximum Gasteiger partial charge on any atom is 0.265 e. The van der Waals surface area contributed by atoms with Crippen LogP contribution in [0.4, 0.5) is 5.69 Å². The number of carbonyl (C=O) groups is 2. The van der Waals surface area contributed by atoms with E-state index in [0.29, 0.717) is 24.5 Å². The molecule has 50 heavy (non-hydrogen) atoms. The third kappa shape index (κ3) is 9.27. The highest BCUT2D eigenvalue weighted by atomic mass is 79.9. The highest BCUT2D eigenvalue weighted by molar-refractivity contribution is 9.10. The number of ether oxygens (including phenoxy) is 4. The second-order valence-electron chi connectivity index (χ2n) is 11.2. The second kappa shape index (κ2) is 17.8. The number of carbonyl (C=O) groups excluding carboxylic acids is 2. The summed E-state index contributed by atoms with van der Waals surface area (Å²) in [6.45, 7) is 1.69. The molecule has 4 aromatic rings. The third-order valence-electron chi connectivity index (χ3n) is 7.94. The van der Waals surface area contributed by atoms with Crippen LogP contribution in [-0.2, 0) is 32.6 Å². The molecule has 4 aromatic carbocycles. The van der Waals surface area contributed by atoms with Gasteiger partial charge in [-0.25, -0.2) is 8.42 Å². The number of anilines is 1. The highest BCUT2D eigenvalue weighted by Gasteiger charge is 2.36. The zero-order chi connectivity index (χ0) is 36.3. The summed E-state index contributed by atoms with van der Waals surface area (Å²) in [5.41, 5.74) is 1.63. The lowest BCUT2D eigenvalue weighted by molar-refractivity contribution is -0.140. The van der Waals surface area contributed by atoms with Gasteiger partial charge in [-0.3, -0.25) is 13.9 Å². The number of halogens is 1. The zero-order valence-electron chi connectivity index (χ0n) is 28.7. The Morgan fingerprint density at radius 1 is 0.780 bits per heavy atom. The van der Waals surface area contributed by atoms with Crippen molar-refractivity contribution in [3.05, 3.63) is 107 Å². The predicted octanol–water partition coefficient (Wildman–Crippen LogP) is 5.85. The Labute approximate surface area is 302 Å². The molecule has 0 fully saturated rings. The van der Waals surface area contributed by atoms with E-state index in [1.165, 1.54) is 57.6 Å². The second-order valence-corrected chi connectivity index (χ2v) is 14.0. The summed E-state index contributed by atoms with van der Waals surface area (Å²) in [5.74, 6) is 0.0634. The summed E-state index contributed by atoms with van der Waals surface area (Å²) in [7, 11) is 1.21. The van der Waals surface area contributed by atoms with E-state index in [1.807, 2.05) is 61.5 Å². The molecule has 0 saturated carbocycles. The first kappa shape index (κ1) is 38.1. The van der Waals surface area contributed by atoms with Crippen LogP contribution in [0, 0.1) is 0 Å². The summed E-state index contributed by atoms with van der Waals surface area (Å²) < 4.78 is 52.8. The maximum absolute atomic E-state index is 14.8. The number of nitrogens with one attached hydrogen (secondary N) is 1. The Morgan fingerprint density at radius 3 is 2.10 bits per heavy atom. The molecule has 0 aliphatic rings. The number of sulfonamides is 1. The Bertz CT molecular complexity index is 1870. The molecule has 0 bridgehead atoms. The highest BCUT2D eigenvalue weighted by Crippen LogP contribution is 2.38. The van der Waals surface area contributed by atoms with Crippen LogP contribution in [0.1, 0.15) is 24.5 Å². The molecule has 0 radical (unpaired) electrons. The molecule has 0 unspecified atom stereocenters.